The Morgan fingerprint density at radius 2 is 0.600 bits per heavy atom. The molecule has 8 nitrogen and oxygen atoms in total. The fraction of sp³-hybridized carbons (Fsp3) is 0. The third-order valence-electron chi connectivity index (χ3n) is 0.201. The van der Waals surface area contributed by atoms with Crippen molar-refractivity contribution in [1.29, 1.82) is 0 Å². The first-order valence-electron chi connectivity index (χ1n) is 2.52. The maximum atomic E-state index is 9.23. The van der Waals surface area contributed by atoms with Crippen molar-refractivity contribution in [1.82, 2.24) is 0 Å². The molecule has 0 aromatic carbocycles. The predicted octanol–water partition coefficient (Wildman–Crippen LogP) is -0.842. The van der Waals surface area contributed by atoms with Crippen LogP contribution < -0.4 is 0 Å². The summed E-state index contributed by atoms with van der Waals surface area (Å²) in [5, 5.41) is 0. The van der Waals surface area contributed by atoms with Crippen molar-refractivity contribution in [3.63, 3.8) is 0 Å². The minimum Gasteiger partial charge on any atom is 0 e. The van der Waals surface area contributed by atoms with Crippen LogP contribution in [0.15, 0.2) is 0 Å². The topological polar surface area (TPSA) is 154 Å². The van der Waals surface area contributed by atoms with Gasteiger partial charge in [-0.3, -0.25) is 9.59 Å². The molecule has 0 aliphatic heterocycles. The summed E-state index contributed by atoms with van der Waals surface area (Å²) < 4.78 is 45.0. The molecule has 0 spiro atoms. The van der Waals surface area contributed by atoms with E-state index < -0.39 is 0 Å². The van der Waals surface area contributed by atoms with Gasteiger partial charge in [-0.2, -0.15) is 0 Å². The van der Waals surface area contributed by atoms with E-state index in [0.29, 0.717) is 12.6 Å². The standard InChI is InChI=1S/C4H2O2.6CO.2Co/c5-3-1-2-4-6;6*1-2;;/h3-4H;;;;;;;;. The molecule has 0 aliphatic carbocycles. The van der Waals surface area contributed by atoms with Crippen molar-refractivity contribution in [2.75, 3.05) is 0 Å². The molecular formula is C10H2Co2O8. The SMILES string of the molecule is O=CC#CC=O.[C-]#[O+].[C-]#[O+].[C-]#[O+].[C-]#[O+].[C-]#[O+].[C-]#[O+].[Co].[Co]. The summed E-state index contributed by atoms with van der Waals surface area (Å²) >= 11 is 0. The largest absolute Gasteiger partial charge is 0 e. The zero-order valence-corrected chi connectivity index (χ0v) is 11.2. The molecule has 0 saturated heterocycles. The molecule has 0 aliphatic rings. The van der Waals surface area contributed by atoms with Gasteiger partial charge in [0.2, 0.25) is 0 Å². The van der Waals surface area contributed by atoms with E-state index in [-0.39, 0.29) is 33.6 Å². The van der Waals surface area contributed by atoms with Crippen LogP contribution in [0.1, 0.15) is 0 Å². The first kappa shape index (κ1) is 63.2. The molecule has 0 aromatic heterocycles. The maximum absolute atomic E-state index is 9.23. The molecule has 10 heteroatoms. The van der Waals surface area contributed by atoms with Crippen LogP contribution in [0.4, 0.5) is 0 Å². The second-order valence-electron chi connectivity index (χ2n) is 0.524. The third-order valence-corrected chi connectivity index (χ3v) is 0.201. The van der Waals surface area contributed by atoms with E-state index in [1.807, 2.05) is 11.8 Å². The summed E-state index contributed by atoms with van der Waals surface area (Å²) in [6.07, 6.45) is 0.739. The maximum Gasteiger partial charge on any atom is 0 e. The Labute approximate surface area is 135 Å². The van der Waals surface area contributed by atoms with Crippen molar-refractivity contribution < 1.29 is 71.1 Å². The summed E-state index contributed by atoms with van der Waals surface area (Å²) in [5.41, 5.74) is 0. The van der Waals surface area contributed by atoms with Crippen LogP contribution in [-0.2, 0) is 71.1 Å². The van der Waals surface area contributed by atoms with E-state index in [0.717, 1.165) is 0 Å². The van der Waals surface area contributed by atoms with Crippen molar-refractivity contribution >= 4 is 12.6 Å². The normalized spacial score (nSPS) is 2.00. The van der Waals surface area contributed by atoms with Crippen LogP contribution in [0.2, 0.25) is 0 Å². The quantitative estimate of drug-likeness (QED) is 0.237. The van der Waals surface area contributed by atoms with Crippen LogP contribution in [0.5, 0.6) is 0 Å². The minimum atomic E-state index is 0. The number of hydrogen-bond donors (Lipinski definition) is 0. The first-order chi connectivity index (χ1) is 8.91. The molecule has 0 aromatic rings. The second-order valence-corrected chi connectivity index (χ2v) is 0.524. The Morgan fingerprint density at radius 1 is 0.500 bits per heavy atom. The van der Waals surface area contributed by atoms with Crippen LogP contribution in [0, 0.1) is 51.7 Å². The average molecular weight is 368 g/mol. The van der Waals surface area contributed by atoms with Gasteiger partial charge in [0, 0.05) is 33.6 Å². The van der Waals surface area contributed by atoms with Gasteiger partial charge < -0.3 is 0 Å². The molecule has 0 atom stereocenters. The Kier molecular flexibility index (Phi) is 2650. The van der Waals surface area contributed by atoms with Gasteiger partial charge in [0.1, 0.15) is 0 Å². The van der Waals surface area contributed by atoms with Crippen LogP contribution >= 0.6 is 0 Å². The van der Waals surface area contributed by atoms with E-state index >= 15 is 0 Å². The summed E-state index contributed by atoms with van der Waals surface area (Å²) in [7, 11) is 0. The average Bonchev–Trinajstić information content (AvgIpc) is 2.57. The summed E-state index contributed by atoms with van der Waals surface area (Å²) in [6.45, 7) is 27.0. The smallest absolute Gasteiger partial charge is 0 e. The fourth-order valence-corrected chi connectivity index (χ4v) is 0.0680. The van der Waals surface area contributed by atoms with Gasteiger partial charge in [0.25, 0.3) is 0 Å². The molecule has 0 unspecified atom stereocenters. The molecular weight excluding hydrogens is 366 g/mol. The van der Waals surface area contributed by atoms with Gasteiger partial charge in [0.05, 0.1) is 0 Å². The molecule has 0 saturated carbocycles. The fourth-order valence-electron chi connectivity index (χ4n) is 0.0680. The summed E-state index contributed by atoms with van der Waals surface area (Å²) in [5.74, 6) is 3.80. The minimum absolute atomic E-state index is 0. The molecule has 0 amide bonds. The number of hydrogen-bond acceptors (Lipinski definition) is 2. The van der Waals surface area contributed by atoms with Gasteiger partial charge >= 0.3 is 67.8 Å². The van der Waals surface area contributed by atoms with Crippen molar-refractivity contribution in [3.05, 3.63) is 39.9 Å². The van der Waals surface area contributed by atoms with E-state index in [1.54, 1.807) is 0 Å². The molecule has 0 bridgehead atoms. The molecule has 0 N–H and O–H groups in total. The monoisotopic (exact) mass is 368 g/mol. The van der Waals surface area contributed by atoms with Gasteiger partial charge in [-0.1, -0.05) is 0 Å². The second kappa shape index (κ2) is 838. The number of carbonyl (C=O) groups excluding carboxylic acids is 2. The van der Waals surface area contributed by atoms with Crippen molar-refractivity contribution in [3.8, 4) is 11.8 Å². The van der Waals surface area contributed by atoms with E-state index in [4.69, 9.17) is 27.9 Å². The molecule has 0 rings (SSSR count). The number of aldehydes is 2. The zero-order valence-electron chi connectivity index (χ0n) is 9.09. The summed E-state index contributed by atoms with van der Waals surface area (Å²) in [4.78, 5) is 18.5. The summed E-state index contributed by atoms with van der Waals surface area (Å²) in [6, 6.07) is 0. The molecule has 2 radical (unpaired) electrons. The Hall–Kier alpha value is -1.65. The van der Waals surface area contributed by atoms with Crippen molar-refractivity contribution in [2.24, 2.45) is 0 Å². The Morgan fingerprint density at radius 3 is 0.650 bits per heavy atom. The number of carbonyl (C=O) groups is 2. The van der Waals surface area contributed by atoms with Gasteiger partial charge in [0.15, 0.2) is 12.6 Å². The van der Waals surface area contributed by atoms with Crippen LogP contribution in [-0.4, -0.2) is 12.6 Å². The third kappa shape index (κ3) is 2110. The molecule has 0 heterocycles. The predicted molar refractivity (Wildman–Crippen MR) is 43.5 cm³/mol. The van der Waals surface area contributed by atoms with E-state index in [9.17, 15) is 9.59 Å². The van der Waals surface area contributed by atoms with Crippen LogP contribution in [0.25, 0.3) is 0 Å². The van der Waals surface area contributed by atoms with E-state index in [2.05, 4.69) is 39.9 Å². The van der Waals surface area contributed by atoms with Gasteiger partial charge in [-0.25, -0.2) is 0 Å². The van der Waals surface area contributed by atoms with Gasteiger partial charge in [-0.05, 0) is 11.8 Å². The Bertz CT molecular complexity index is 255. The Balaban J connectivity index is -0.0000000109. The molecule has 108 valence electrons. The number of rotatable bonds is 0. The first-order valence-corrected chi connectivity index (χ1v) is 2.52. The molecule has 20 heavy (non-hydrogen) atoms. The van der Waals surface area contributed by atoms with Crippen molar-refractivity contribution in [2.45, 2.75) is 0 Å². The van der Waals surface area contributed by atoms with Crippen LogP contribution in [0.3, 0.4) is 0 Å². The van der Waals surface area contributed by atoms with Gasteiger partial charge in [-0.15, -0.1) is 0 Å². The molecule has 0 fully saturated rings. The zero-order chi connectivity index (χ0) is 16.8. The van der Waals surface area contributed by atoms with E-state index in [1.165, 1.54) is 0 Å².